The molecule has 0 saturated carbocycles. The largest absolute Gasteiger partial charge is 0.396 e. The highest BCUT2D eigenvalue weighted by molar-refractivity contribution is 4.58. The molecule has 0 bridgehead atoms. The van der Waals surface area contributed by atoms with E-state index in [2.05, 4.69) is 19.2 Å². The van der Waals surface area contributed by atoms with Gasteiger partial charge in [-0.1, -0.05) is 19.8 Å². The van der Waals surface area contributed by atoms with Crippen molar-refractivity contribution >= 4 is 0 Å². The molecule has 1 unspecified atom stereocenters. The first-order valence-electron chi connectivity index (χ1n) is 4.65. The fraction of sp³-hybridized carbons (Fsp3) is 1.00. The van der Waals surface area contributed by atoms with Crippen molar-refractivity contribution in [3.05, 3.63) is 0 Å². The SMILES string of the molecule is CCCCCNC(C)CCO. The molecule has 0 fully saturated rings. The molecule has 2 heteroatoms. The van der Waals surface area contributed by atoms with E-state index >= 15 is 0 Å². The van der Waals surface area contributed by atoms with E-state index in [4.69, 9.17) is 5.11 Å². The van der Waals surface area contributed by atoms with Crippen LogP contribution in [0, 0.1) is 0 Å². The van der Waals surface area contributed by atoms with Crippen LogP contribution in [0.5, 0.6) is 0 Å². The molecule has 0 aliphatic carbocycles. The Morgan fingerprint density at radius 3 is 2.64 bits per heavy atom. The maximum atomic E-state index is 8.60. The predicted octanol–water partition coefficient (Wildman–Crippen LogP) is 1.54. The van der Waals surface area contributed by atoms with Gasteiger partial charge >= 0.3 is 0 Å². The Morgan fingerprint density at radius 1 is 1.36 bits per heavy atom. The second-order valence-electron chi connectivity index (χ2n) is 3.07. The molecule has 2 nitrogen and oxygen atoms in total. The Labute approximate surface area is 70.0 Å². The lowest BCUT2D eigenvalue weighted by molar-refractivity contribution is 0.269. The van der Waals surface area contributed by atoms with Crippen molar-refractivity contribution in [3.63, 3.8) is 0 Å². The maximum Gasteiger partial charge on any atom is 0.0445 e. The zero-order valence-electron chi connectivity index (χ0n) is 7.77. The quantitative estimate of drug-likeness (QED) is 0.552. The molecular weight excluding hydrogens is 138 g/mol. The number of aliphatic hydroxyl groups is 1. The number of hydrogen-bond acceptors (Lipinski definition) is 2. The van der Waals surface area contributed by atoms with Crippen molar-refractivity contribution in [3.8, 4) is 0 Å². The Bertz CT molecular complexity index is 76.0. The van der Waals surface area contributed by atoms with Crippen molar-refractivity contribution in [2.75, 3.05) is 13.2 Å². The van der Waals surface area contributed by atoms with Crippen LogP contribution in [-0.4, -0.2) is 24.3 Å². The van der Waals surface area contributed by atoms with Gasteiger partial charge in [0.15, 0.2) is 0 Å². The zero-order valence-corrected chi connectivity index (χ0v) is 7.77. The van der Waals surface area contributed by atoms with Gasteiger partial charge in [0.1, 0.15) is 0 Å². The van der Waals surface area contributed by atoms with Crippen molar-refractivity contribution in [1.29, 1.82) is 0 Å². The van der Waals surface area contributed by atoms with E-state index in [1.165, 1.54) is 19.3 Å². The summed E-state index contributed by atoms with van der Waals surface area (Å²) in [6.07, 6.45) is 4.70. The summed E-state index contributed by atoms with van der Waals surface area (Å²) in [5.41, 5.74) is 0. The Balaban J connectivity index is 2.97. The van der Waals surface area contributed by atoms with Gasteiger partial charge in [0, 0.05) is 12.6 Å². The molecule has 0 aliphatic rings. The minimum atomic E-state index is 0.294. The average molecular weight is 159 g/mol. The van der Waals surface area contributed by atoms with Crippen LogP contribution >= 0.6 is 0 Å². The summed E-state index contributed by atoms with van der Waals surface area (Å²) < 4.78 is 0. The van der Waals surface area contributed by atoms with Crippen LogP contribution in [0.4, 0.5) is 0 Å². The summed E-state index contributed by atoms with van der Waals surface area (Å²) in [5.74, 6) is 0. The summed E-state index contributed by atoms with van der Waals surface area (Å²) in [7, 11) is 0. The number of nitrogens with one attached hydrogen (secondary N) is 1. The van der Waals surface area contributed by atoms with Gasteiger partial charge in [0.05, 0.1) is 0 Å². The highest BCUT2D eigenvalue weighted by atomic mass is 16.3. The number of rotatable bonds is 7. The molecule has 0 aromatic heterocycles. The fourth-order valence-electron chi connectivity index (χ4n) is 1.02. The second-order valence-corrected chi connectivity index (χ2v) is 3.07. The normalized spacial score (nSPS) is 13.4. The fourth-order valence-corrected chi connectivity index (χ4v) is 1.02. The van der Waals surface area contributed by atoms with Crippen LogP contribution in [-0.2, 0) is 0 Å². The van der Waals surface area contributed by atoms with E-state index in [9.17, 15) is 0 Å². The van der Waals surface area contributed by atoms with Gasteiger partial charge in [-0.3, -0.25) is 0 Å². The average Bonchev–Trinajstić information content (AvgIpc) is 1.99. The third-order valence-corrected chi connectivity index (χ3v) is 1.84. The van der Waals surface area contributed by atoms with E-state index in [1.807, 2.05) is 0 Å². The summed E-state index contributed by atoms with van der Waals surface area (Å²) in [6, 6.07) is 0.469. The van der Waals surface area contributed by atoms with E-state index in [-0.39, 0.29) is 0 Å². The van der Waals surface area contributed by atoms with E-state index in [1.54, 1.807) is 0 Å². The summed E-state index contributed by atoms with van der Waals surface area (Å²) in [4.78, 5) is 0. The van der Waals surface area contributed by atoms with E-state index in [0.717, 1.165) is 13.0 Å². The summed E-state index contributed by atoms with van der Waals surface area (Å²) >= 11 is 0. The van der Waals surface area contributed by atoms with Crippen molar-refractivity contribution < 1.29 is 5.11 Å². The summed E-state index contributed by atoms with van der Waals surface area (Å²) in [6.45, 7) is 5.70. The Morgan fingerprint density at radius 2 is 2.09 bits per heavy atom. The first-order valence-corrected chi connectivity index (χ1v) is 4.65. The lowest BCUT2D eigenvalue weighted by Crippen LogP contribution is -2.27. The molecule has 0 aromatic rings. The first-order chi connectivity index (χ1) is 5.31. The first kappa shape index (κ1) is 10.9. The van der Waals surface area contributed by atoms with Gasteiger partial charge in [-0.2, -0.15) is 0 Å². The number of unbranched alkanes of at least 4 members (excludes halogenated alkanes) is 2. The smallest absolute Gasteiger partial charge is 0.0445 e. The molecule has 0 aliphatic heterocycles. The Kier molecular flexibility index (Phi) is 7.96. The predicted molar refractivity (Wildman–Crippen MR) is 48.7 cm³/mol. The number of hydrogen-bond donors (Lipinski definition) is 2. The van der Waals surface area contributed by atoms with Crippen LogP contribution in [0.1, 0.15) is 39.5 Å². The number of aliphatic hydroxyl groups excluding tert-OH is 1. The van der Waals surface area contributed by atoms with Gasteiger partial charge in [-0.15, -0.1) is 0 Å². The molecule has 0 radical (unpaired) electrons. The van der Waals surface area contributed by atoms with Gasteiger partial charge in [0.2, 0.25) is 0 Å². The minimum absolute atomic E-state index is 0.294. The molecule has 1 atom stereocenters. The lowest BCUT2D eigenvalue weighted by atomic mass is 10.2. The zero-order chi connectivity index (χ0) is 8.53. The molecule has 0 amide bonds. The lowest BCUT2D eigenvalue weighted by Gasteiger charge is -2.11. The van der Waals surface area contributed by atoms with Gasteiger partial charge < -0.3 is 10.4 Å². The topological polar surface area (TPSA) is 32.3 Å². The van der Waals surface area contributed by atoms with Crippen molar-refractivity contribution in [2.45, 2.75) is 45.6 Å². The van der Waals surface area contributed by atoms with E-state index in [0.29, 0.717) is 12.6 Å². The summed E-state index contributed by atoms with van der Waals surface area (Å²) in [5, 5.41) is 12.0. The van der Waals surface area contributed by atoms with Crippen molar-refractivity contribution in [2.24, 2.45) is 0 Å². The van der Waals surface area contributed by atoms with Crippen LogP contribution in [0.25, 0.3) is 0 Å². The monoisotopic (exact) mass is 159 g/mol. The molecule has 0 saturated heterocycles. The maximum absolute atomic E-state index is 8.60. The molecule has 0 aromatic carbocycles. The van der Waals surface area contributed by atoms with Crippen LogP contribution in [0.2, 0.25) is 0 Å². The molecule has 0 spiro atoms. The standard InChI is InChI=1S/C9H21NO/c1-3-4-5-7-10-9(2)6-8-11/h9-11H,3-8H2,1-2H3. The Hall–Kier alpha value is -0.0800. The van der Waals surface area contributed by atoms with Gasteiger partial charge in [-0.25, -0.2) is 0 Å². The second kappa shape index (κ2) is 8.02. The van der Waals surface area contributed by atoms with Crippen LogP contribution < -0.4 is 5.32 Å². The molecule has 2 N–H and O–H groups in total. The third kappa shape index (κ3) is 7.82. The molecule has 68 valence electrons. The molecule has 0 heterocycles. The highest BCUT2D eigenvalue weighted by Gasteiger charge is 1.97. The minimum Gasteiger partial charge on any atom is -0.396 e. The van der Waals surface area contributed by atoms with Crippen LogP contribution in [0.3, 0.4) is 0 Å². The van der Waals surface area contributed by atoms with Gasteiger partial charge in [0.25, 0.3) is 0 Å². The molecular formula is C9H21NO. The van der Waals surface area contributed by atoms with Crippen molar-refractivity contribution in [1.82, 2.24) is 5.32 Å². The third-order valence-electron chi connectivity index (χ3n) is 1.84. The van der Waals surface area contributed by atoms with E-state index < -0.39 is 0 Å². The molecule has 11 heavy (non-hydrogen) atoms. The highest BCUT2D eigenvalue weighted by Crippen LogP contribution is 1.93. The van der Waals surface area contributed by atoms with Gasteiger partial charge in [-0.05, 0) is 26.3 Å². The van der Waals surface area contributed by atoms with Crippen LogP contribution in [0.15, 0.2) is 0 Å². The molecule has 0 rings (SSSR count).